The van der Waals surface area contributed by atoms with E-state index in [-0.39, 0.29) is 41.9 Å². The van der Waals surface area contributed by atoms with Gasteiger partial charge in [-0.25, -0.2) is 0 Å². The van der Waals surface area contributed by atoms with Crippen LogP contribution in [0.25, 0.3) is 0 Å². The quantitative estimate of drug-likeness (QED) is 0.254. The Labute approximate surface area is 148 Å². The summed E-state index contributed by atoms with van der Waals surface area (Å²) in [7, 11) is 0. The third-order valence-electron chi connectivity index (χ3n) is 2.78. The van der Waals surface area contributed by atoms with E-state index >= 15 is 0 Å². The number of carboxylic acid groups (broad SMARTS) is 1. The van der Waals surface area contributed by atoms with E-state index < -0.39 is 17.4 Å². The molecule has 0 radical (unpaired) electrons. The molecule has 0 fully saturated rings. The Morgan fingerprint density at radius 3 is 2.24 bits per heavy atom. The molecule has 0 aromatic heterocycles. The topological polar surface area (TPSA) is 98.3 Å². The average Bonchev–Trinajstić information content (AvgIpc) is 2.36. The Bertz CT molecular complexity index is 370. The molecule has 2 amide bonds. The number of rotatable bonds is 10. The van der Waals surface area contributed by atoms with Crippen LogP contribution in [0.2, 0.25) is 0 Å². The van der Waals surface area contributed by atoms with Crippen molar-refractivity contribution in [3.8, 4) is 0 Å². The first kappa shape index (κ1) is 22.4. The predicted octanol–water partition coefficient (Wildman–Crippen LogP) is -3.11. The SMILES string of the molecule is C=CC(=O)NC(C)(C)C(=O)NCCCCCCC(=O)[O-].[Na+]. The van der Waals surface area contributed by atoms with Crippen LogP contribution < -0.4 is 45.3 Å². The number of aliphatic carboxylic acids is 1. The number of carbonyl (C=O) groups is 3. The molecular weight excluding hydrogens is 283 g/mol. The zero-order valence-corrected chi connectivity index (χ0v) is 15.2. The van der Waals surface area contributed by atoms with Crippen LogP contribution in [0.1, 0.15) is 46.0 Å². The van der Waals surface area contributed by atoms with Gasteiger partial charge in [0.2, 0.25) is 11.8 Å². The Morgan fingerprint density at radius 2 is 1.71 bits per heavy atom. The Kier molecular flexibility index (Phi) is 12.6. The number of unbranched alkanes of at least 4 members (excludes halogenated alkanes) is 3. The molecule has 0 spiro atoms. The van der Waals surface area contributed by atoms with E-state index in [4.69, 9.17) is 0 Å². The van der Waals surface area contributed by atoms with Gasteiger partial charge >= 0.3 is 29.6 Å². The predicted molar refractivity (Wildman–Crippen MR) is 73.5 cm³/mol. The van der Waals surface area contributed by atoms with Crippen LogP contribution in [0.15, 0.2) is 12.7 Å². The number of hydrogen-bond acceptors (Lipinski definition) is 4. The average molecular weight is 306 g/mol. The van der Waals surface area contributed by atoms with Crippen molar-refractivity contribution in [1.29, 1.82) is 0 Å². The monoisotopic (exact) mass is 306 g/mol. The molecule has 6 nitrogen and oxygen atoms in total. The minimum absolute atomic E-state index is 0. The summed E-state index contributed by atoms with van der Waals surface area (Å²) >= 11 is 0. The third-order valence-corrected chi connectivity index (χ3v) is 2.78. The van der Waals surface area contributed by atoms with Crippen molar-refractivity contribution in [1.82, 2.24) is 10.6 Å². The second-order valence-electron chi connectivity index (χ2n) is 5.11. The Morgan fingerprint density at radius 1 is 1.14 bits per heavy atom. The van der Waals surface area contributed by atoms with Crippen LogP contribution in [-0.4, -0.2) is 29.9 Å². The van der Waals surface area contributed by atoms with E-state index in [1.165, 1.54) is 0 Å². The minimum Gasteiger partial charge on any atom is -0.550 e. The summed E-state index contributed by atoms with van der Waals surface area (Å²) in [6, 6.07) is 0. The first-order valence-electron chi connectivity index (χ1n) is 6.72. The van der Waals surface area contributed by atoms with Gasteiger partial charge in [-0.05, 0) is 39.2 Å². The van der Waals surface area contributed by atoms with Crippen molar-refractivity contribution in [2.75, 3.05) is 6.54 Å². The smallest absolute Gasteiger partial charge is 0.550 e. The fourth-order valence-electron chi connectivity index (χ4n) is 1.59. The van der Waals surface area contributed by atoms with Gasteiger partial charge in [0.15, 0.2) is 0 Å². The van der Waals surface area contributed by atoms with Gasteiger partial charge in [-0.3, -0.25) is 9.59 Å². The van der Waals surface area contributed by atoms with Gasteiger partial charge in [0.25, 0.3) is 0 Å². The maximum atomic E-state index is 11.8. The summed E-state index contributed by atoms with van der Waals surface area (Å²) in [5, 5.41) is 15.5. The van der Waals surface area contributed by atoms with Crippen LogP contribution >= 0.6 is 0 Å². The van der Waals surface area contributed by atoms with Crippen LogP contribution in [0.3, 0.4) is 0 Å². The Balaban J connectivity index is 0. The maximum absolute atomic E-state index is 11.8. The van der Waals surface area contributed by atoms with Crippen molar-refractivity contribution in [3.63, 3.8) is 0 Å². The number of amides is 2. The molecule has 0 saturated heterocycles. The summed E-state index contributed by atoms with van der Waals surface area (Å²) in [6.07, 6.45) is 4.19. The number of carboxylic acids is 1. The normalized spacial score (nSPS) is 10.2. The zero-order chi connectivity index (χ0) is 15.6. The molecule has 0 bridgehead atoms. The van der Waals surface area contributed by atoms with E-state index in [1.54, 1.807) is 13.8 Å². The van der Waals surface area contributed by atoms with Crippen LogP contribution in [-0.2, 0) is 14.4 Å². The molecule has 7 heteroatoms. The van der Waals surface area contributed by atoms with E-state index in [1.807, 2.05) is 0 Å². The molecule has 0 atom stereocenters. The van der Waals surface area contributed by atoms with E-state index in [0.717, 1.165) is 25.3 Å². The number of carbonyl (C=O) groups excluding carboxylic acids is 3. The molecule has 21 heavy (non-hydrogen) atoms. The maximum Gasteiger partial charge on any atom is 1.00 e. The molecule has 2 N–H and O–H groups in total. The largest absolute Gasteiger partial charge is 1.00 e. The molecule has 0 unspecified atom stereocenters. The van der Waals surface area contributed by atoms with Gasteiger partial charge in [0, 0.05) is 12.5 Å². The van der Waals surface area contributed by atoms with Crippen molar-refractivity contribution in [2.45, 2.75) is 51.5 Å². The number of nitrogens with one attached hydrogen (secondary N) is 2. The van der Waals surface area contributed by atoms with Crippen molar-refractivity contribution >= 4 is 17.8 Å². The fourth-order valence-corrected chi connectivity index (χ4v) is 1.59. The summed E-state index contributed by atoms with van der Waals surface area (Å²) < 4.78 is 0. The second-order valence-corrected chi connectivity index (χ2v) is 5.11. The summed E-state index contributed by atoms with van der Waals surface area (Å²) in [4.78, 5) is 33.2. The van der Waals surface area contributed by atoms with Crippen LogP contribution in [0, 0.1) is 0 Å². The van der Waals surface area contributed by atoms with Gasteiger partial charge in [-0.15, -0.1) is 0 Å². The summed E-state index contributed by atoms with van der Waals surface area (Å²) in [6.45, 7) is 7.06. The standard InChI is InChI=1S/C14H24N2O4.Na/c1-4-11(17)16-14(2,3)13(20)15-10-8-6-5-7-9-12(18)19;/h4H,1,5-10H2,2-3H3,(H,15,20)(H,16,17)(H,18,19);/q;+1/p-1. The molecular formula is C14H23N2NaO4. The molecule has 0 saturated carbocycles. The van der Waals surface area contributed by atoms with Crippen LogP contribution in [0.4, 0.5) is 0 Å². The van der Waals surface area contributed by atoms with Gasteiger partial charge in [-0.1, -0.05) is 19.4 Å². The molecule has 0 heterocycles. The summed E-state index contributed by atoms with van der Waals surface area (Å²) in [5.74, 6) is -1.69. The molecule has 114 valence electrons. The first-order chi connectivity index (χ1) is 9.29. The van der Waals surface area contributed by atoms with Crippen molar-refractivity contribution in [3.05, 3.63) is 12.7 Å². The van der Waals surface area contributed by atoms with Gasteiger partial charge in [0.1, 0.15) is 5.54 Å². The molecule has 0 rings (SSSR count). The van der Waals surface area contributed by atoms with Gasteiger partial charge in [-0.2, -0.15) is 0 Å². The fraction of sp³-hybridized carbons (Fsp3) is 0.643. The van der Waals surface area contributed by atoms with Gasteiger partial charge in [0.05, 0.1) is 0 Å². The minimum atomic E-state index is -1.03. The number of hydrogen-bond donors (Lipinski definition) is 2. The molecule has 0 aliphatic rings. The first-order valence-corrected chi connectivity index (χ1v) is 6.72. The van der Waals surface area contributed by atoms with E-state index in [9.17, 15) is 19.5 Å². The zero-order valence-electron chi connectivity index (χ0n) is 13.2. The van der Waals surface area contributed by atoms with Gasteiger partial charge < -0.3 is 20.5 Å². The molecule has 0 aliphatic carbocycles. The Hall–Kier alpha value is -0.850. The van der Waals surface area contributed by atoms with E-state index in [0.29, 0.717) is 13.0 Å². The van der Waals surface area contributed by atoms with E-state index in [2.05, 4.69) is 17.2 Å². The molecule has 0 aromatic rings. The molecule has 0 aromatic carbocycles. The van der Waals surface area contributed by atoms with Crippen molar-refractivity contribution < 1.29 is 49.0 Å². The second kappa shape index (κ2) is 11.8. The summed E-state index contributed by atoms with van der Waals surface area (Å²) in [5.41, 5.74) is -0.986. The van der Waals surface area contributed by atoms with Crippen molar-refractivity contribution in [2.24, 2.45) is 0 Å². The molecule has 0 aliphatic heterocycles. The van der Waals surface area contributed by atoms with Crippen LogP contribution in [0.5, 0.6) is 0 Å². The third kappa shape index (κ3) is 11.5.